The SMILES string of the molecule is CCNC(c1ccc(F)cc1I)c1cc(Br)ccc1OC. The van der Waals surface area contributed by atoms with Gasteiger partial charge in [0, 0.05) is 13.6 Å². The van der Waals surface area contributed by atoms with Gasteiger partial charge in [0.2, 0.25) is 0 Å². The van der Waals surface area contributed by atoms with Crippen LogP contribution in [-0.4, -0.2) is 13.7 Å². The first-order chi connectivity index (χ1) is 10.1. The standard InChI is InChI=1S/C16H16BrFINO/c1-3-20-16(12-6-5-11(18)9-14(12)19)13-8-10(17)4-7-15(13)21-2/h4-9,16,20H,3H2,1-2H3. The van der Waals surface area contributed by atoms with E-state index in [1.807, 2.05) is 31.2 Å². The monoisotopic (exact) mass is 463 g/mol. The van der Waals surface area contributed by atoms with Gasteiger partial charge < -0.3 is 10.1 Å². The molecule has 2 aromatic rings. The van der Waals surface area contributed by atoms with E-state index in [0.29, 0.717) is 0 Å². The number of nitrogens with one attached hydrogen (secondary N) is 1. The lowest BCUT2D eigenvalue weighted by Gasteiger charge is -2.22. The van der Waals surface area contributed by atoms with Crippen LogP contribution in [0, 0.1) is 9.39 Å². The van der Waals surface area contributed by atoms with Crippen molar-refractivity contribution in [1.82, 2.24) is 5.32 Å². The highest BCUT2D eigenvalue weighted by molar-refractivity contribution is 14.1. The van der Waals surface area contributed by atoms with Crippen molar-refractivity contribution in [2.45, 2.75) is 13.0 Å². The van der Waals surface area contributed by atoms with E-state index in [-0.39, 0.29) is 11.9 Å². The Balaban J connectivity index is 2.55. The highest BCUT2D eigenvalue weighted by atomic mass is 127. The molecule has 0 saturated heterocycles. The van der Waals surface area contributed by atoms with E-state index in [1.54, 1.807) is 13.2 Å². The zero-order valence-electron chi connectivity index (χ0n) is 11.8. The Bertz CT molecular complexity index is 636. The maximum Gasteiger partial charge on any atom is 0.124 e. The van der Waals surface area contributed by atoms with Crippen molar-refractivity contribution in [3.8, 4) is 5.75 Å². The van der Waals surface area contributed by atoms with Gasteiger partial charge in [0.1, 0.15) is 11.6 Å². The maximum atomic E-state index is 13.4. The van der Waals surface area contributed by atoms with Crippen LogP contribution >= 0.6 is 38.5 Å². The van der Waals surface area contributed by atoms with Crippen molar-refractivity contribution in [1.29, 1.82) is 0 Å². The predicted octanol–water partition coefficient (Wildman–Crippen LogP) is 4.90. The Morgan fingerprint density at radius 3 is 2.62 bits per heavy atom. The summed E-state index contributed by atoms with van der Waals surface area (Å²) in [6, 6.07) is 10.7. The van der Waals surface area contributed by atoms with E-state index in [9.17, 15) is 4.39 Å². The van der Waals surface area contributed by atoms with Crippen LogP contribution in [0.15, 0.2) is 40.9 Å². The third-order valence-corrected chi connectivity index (χ3v) is 4.61. The summed E-state index contributed by atoms with van der Waals surface area (Å²) in [5, 5.41) is 3.45. The average Bonchev–Trinajstić information content (AvgIpc) is 2.45. The molecule has 0 bridgehead atoms. The second-order valence-corrected chi connectivity index (χ2v) is 6.62. The minimum absolute atomic E-state index is 0.0463. The lowest BCUT2D eigenvalue weighted by molar-refractivity contribution is 0.404. The number of rotatable bonds is 5. The Kier molecular flexibility index (Phi) is 6.01. The summed E-state index contributed by atoms with van der Waals surface area (Å²) >= 11 is 5.67. The van der Waals surface area contributed by atoms with Gasteiger partial charge in [-0.3, -0.25) is 0 Å². The Morgan fingerprint density at radius 1 is 1.24 bits per heavy atom. The quantitative estimate of drug-likeness (QED) is 0.636. The van der Waals surface area contributed by atoms with E-state index < -0.39 is 0 Å². The molecule has 0 spiro atoms. The lowest BCUT2D eigenvalue weighted by Crippen LogP contribution is -2.23. The molecular weight excluding hydrogens is 448 g/mol. The van der Waals surface area contributed by atoms with Crippen molar-refractivity contribution < 1.29 is 9.13 Å². The Labute approximate surface area is 146 Å². The van der Waals surface area contributed by atoms with Crippen LogP contribution in [0.3, 0.4) is 0 Å². The van der Waals surface area contributed by atoms with Gasteiger partial charge in [0.15, 0.2) is 0 Å². The molecule has 0 heterocycles. The van der Waals surface area contributed by atoms with Crippen molar-refractivity contribution in [2.24, 2.45) is 0 Å². The van der Waals surface area contributed by atoms with Gasteiger partial charge in [-0.2, -0.15) is 0 Å². The number of ether oxygens (including phenoxy) is 1. The van der Waals surface area contributed by atoms with Crippen LogP contribution in [0.2, 0.25) is 0 Å². The van der Waals surface area contributed by atoms with Crippen LogP contribution < -0.4 is 10.1 Å². The predicted molar refractivity (Wildman–Crippen MR) is 95.3 cm³/mol. The molecule has 0 aliphatic rings. The van der Waals surface area contributed by atoms with Gasteiger partial charge >= 0.3 is 0 Å². The van der Waals surface area contributed by atoms with Crippen LogP contribution in [0.1, 0.15) is 24.1 Å². The number of benzene rings is 2. The molecule has 1 atom stereocenters. The third kappa shape index (κ3) is 3.96. The number of hydrogen-bond donors (Lipinski definition) is 1. The summed E-state index contributed by atoms with van der Waals surface area (Å²) < 4.78 is 20.7. The average molecular weight is 464 g/mol. The smallest absolute Gasteiger partial charge is 0.124 e. The van der Waals surface area contributed by atoms with Crippen molar-refractivity contribution in [2.75, 3.05) is 13.7 Å². The number of methoxy groups -OCH3 is 1. The summed E-state index contributed by atoms with van der Waals surface area (Å²) in [5.74, 6) is 0.587. The highest BCUT2D eigenvalue weighted by Crippen LogP contribution is 2.34. The maximum absolute atomic E-state index is 13.4. The highest BCUT2D eigenvalue weighted by Gasteiger charge is 2.20. The molecule has 21 heavy (non-hydrogen) atoms. The minimum Gasteiger partial charge on any atom is -0.496 e. The van der Waals surface area contributed by atoms with E-state index in [1.165, 1.54) is 6.07 Å². The molecule has 2 aromatic carbocycles. The molecule has 0 amide bonds. The van der Waals surface area contributed by atoms with Crippen molar-refractivity contribution in [3.05, 3.63) is 61.4 Å². The normalized spacial score (nSPS) is 12.2. The van der Waals surface area contributed by atoms with Gasteiger partial charge in [-0.25, -0.2) is 4.39 Å². The Hall–Kier alpha value is -0.660. The first-order valence-electron chi connectivity index (χ1n) is 6.58. The summed E-state index contributed by atoms with van der Waals surface area (Å²) in [5.41, 5.74) is 2.06. The molecule has 0 aliphatic carbocycles. The molecule has 0 saturated carbocycles. The molecule has 112 valence electrons. The molecule has 1 N–H and O–H groups in total. The minimum atomic E-state index is -0.223. The molecular formula is C16H16BrFINO. The molecule has 0 aliphatic heterocycles. The van der Waals surface area contributed by atoms with Crippen LogP contribution in [-0.2, 0) is 0 Å². The summed E-state index contributed by atoms with van der Waals surface area (Å²) in [7, 11) is 1.66. The van der Waals surface area contributed by atoms with Crippen LogP contribution in [0.4, 0.5) is 4.39 Å². The summed E-state index contributed by atoms with van der Waals surface area (Å²) in [6.45, 7) is 2.85. The molecule has 2 rings (SSSR count). The van der Waals surface area contributed by atoms with Crippen molar-refractivity contribution in [3.63, 3.8) is 0 Å². The van der Waals surface area contributed by atoms with E-state index in [4.69, 9.17) is 4.74 Å². The second kappa shape index (κ2) is 7.56. The van der Waals surface area contributed by atoms with E-state index in [2.05, 4.69) is 43.8 Å². The molecule has 0 aromatic heterocycles. The van der Waals surface area contributed by atoms with Crippen molar-refractivity contribution >= 4 is 38.5 Å². The molecule has 5 heteroatoms. The second-order valence-electron chi connectivity index (χ2n) is 4.54. The lowest BCUT2D eigenvalue weighted by atomic mass is 9.97. The van der Waals surface area contributed by atoms with Gasteiger partial charge in [-0.15, -0.1) is 0 Å². The van der Waals surface area contributed by atoms with Gasteiger partial charge in [-0.05, 0) is 65.0 Å². The topological polar surface area (TPSA) is 21.3 Å². The molecule has 1 unspecified atom stereocenters. The Morgan fingerprint density at radius 2 is 2.00 bits per heavy atom. The van der Waals surface area contributed by atoms with Gasteiger partial charge in [-0.1, -0.05) is 28.9 Å². The fourth-order valence-corrected chi connectivity index (χ4v) is 3.43. The van der Waals surface area contributed by atoms with Crippen LogP contribution in [0.25, 0.3) is 0 Å². The van der Waals surface area contributed by atoms with Crippen LogP contribution in [0.5, 0.6) is 5.75 Å². The number of halogens is 3. The van der Waals surface area contributed by atoms with E-state index in [0.717, 1.165) is 31.5 Å². The zero-order valence-corrected chi connectivity index (χ0v) is 15.5. The largest absolute Gasteiger partial charge is 0.496 e. The fourth-order valence-electron chi connectivity index (χ4n) is 2.26. The zero-order chi connectivity index (χ0) is 15.4. The summed E-state index contributed by atoms with van der Waals surface area (Å²) in [6.07, 6.45) is 0. The first kappa shape index (κ1) is 16.7. The molecule has 0 fully saturated rings. The van der Waals surface area contributed by atoms with E-state index >= 15 is 0 Å². The van der Waals surface area contributed by atoms with Gasteiger partial charge in [0.05, 0.1) is 13.2 Å². The fraction of sp³-hybridized carbons (Fsp3) is 0.250. The summed E-state index contributed by atoms with van der Waals surface area (Å²) in [4.78, 5) is 0. The third-order valence-electron chi connectivity index (χ3n) is 3.18. The molecule has 0 radical (unpaired) electrons. The first-order valence-corrected chi connectivity index (χ1v) is 8.45. The van der Waals surface area contributed by atoms with Gasteiger partial charge in [0.25, 0.3) is 0 Å². The molecule has 2 nitrogen and oxygen atoms in total. The number of hydrogen-bond acceptors (Lipinski definition) is 2.